The van der Waals surface area contributed by atoms with E-state index in [-0.39, 0.29) is 18.0 Å². The Labute approximate surface area is 182 Å². The van der Waals surface area contributed by atoms with Crippen molar-refractivity contribution in [2.24, 2.45) is 10.7 Å². The van der Waals surface area contributed by atoms with Crippen LogP contribution in [-0.2, 0) is 4.79 Å². The van der Waals surface area contributed by atoms with Crippen molar-refractivity contribution in [1.82, 2.24) is 20.2 Å². The van der Waals surface area contributed by atoms with Crippen molar-refractivity contribution in [2.75, 3.05) is 37.8 Å². The van der Waals surface area contributed by atoms with E-state index >= 15 is 0 Å². The second kappa shape index (κ2) is 12.1. The predicted octanol–water partition coefficient (Wildman–Crippen LogP) is 2.00. The maximum atomic E-state index is 11.6. The molecule has 1 aromatic heterocycles. The number of nitrogens with two attached hydrogens (primary N) is 1. The van der Waals surface area contributed by atoms with E-state index < -0.39 is 0 Å². The van der Waals surface area contributed by atoms with Crippen LogP contribution in [0.3, 0.4) is 0 Å². The van der Waals surface area contributed by atoms with Crippen molar-refractivity contribution in [3.63, 3.8) is 0 Å². The van der Waals surface area contributed by atoms with E-state index in [4.69, 9.17) is 17.3 Å². The Morgan fingerprint density at radius 2 is 2.20 bits per heavy atom. The molecular formula is C20H31ClN8O. The molecule has 0 spiro atoms. The van der Waals surface area contributed by atoms with Crippen molar-refractivity contribution in [2.45, 2.75) is 37.8 Å². The summed E-state index contributed by atoms with van der Waals surface area (Å²) in [5, 5.41) is 9.81. The highest BCUT2D eigenvalue weighted by Gasteiger charge is 2.23. The molecule has 1 aliphatic rings. The number of aliphatic imine (C=N–C) groups is 1. The molecule has 0 aromatic carbocycles. The lowest BCUT2D eigenvalue weighted by atomic mass is 9.91. The third-order valence-electron chi connectivity index (χ3n) is 4.63. The number of allylic oxidation sites excluding steroid dienone is 1. The number of aromatic nitrogens is 2. The summed E-state index contributed by atoms with van der Waals surface area (Å²) in [7, 11) is 3.98. The molecule has 1 heterocycles. The van der Waals surface area contributed by atoms with Crippen LogP contribution in [-0.4, -0.2) is 66.3 Å². The van der Waals surface area contributed by atoms with Crippen LogP contribution in [0.1, 0.15) is 25.7 Å². The molecule has 0 radical (unpaired) electrons. The summed E-state index contributed by atoms with van der Waals surface area (Å²) in [5.74, 6) is 0.751. The summed E-state index contributed by atoms with van der Waals surface area (Å²) in [6.45, 7) is 5.00. The molecule has 1 aromatic rings. The fraction of sp³-hybridized carbons (Fsp3) is 0.500. The summed E-state index contributed by atoms with van der Waals surface area (Å²) in [5.41, 5.74) is 6.27. The van der Waals surface area contributed by atoms with Crippen molar-refractivity contribution >= 4 is 35.5 Å². The summed E-state index contributed by atoms with van der Waals surface area (Å²) < 4.78 is 0. The van der Waals surface area contributed by atoms with Gasteiger partial charge in [0.1, 0.15) is 5.02 Å². The Kier molecular flexibility index (Phi) is 9.56. The smallest absolute Gasteiger partial charge is 0.243 e. The van der Waals surface area contributed by atoms with Crippen LogP contribution in [0.4, 0.5) is 11.8 Å². The molecule has 5 N–H and O–H groups in total. The molecule has 1 amide bonds. The monoisotopic (exact) mass is 434 g/mol. The van der Waals surface area contributed by atoms with E-state index in [2.05, 4.69) is 42.4 Å². The fourth-order valence-electron chi connectivity index (χ4n) is 3.10. The van der Waals surface area contributed by atoms with Gasteiger partial charge in [-0.2, -0.15) is 4.98 Å². The molecule has 1 saturated carbocycles. The summed E-state index contributed by atoms with van der Waals surface area (Å²) >= 11 is 6.29. The van der Waals surface area contributed by atoms with Crippen molar-refractivity contribution in [3.05, 3.63) is 35.8 Å². The highest BCUT2D eigenvalue weighted by molar-refractivity contribution is 6.32. The number of rotatable bonds is 10. The van der Waals surface area contributed by atoms with Crippen molar-refractivity contribution in [1.29, 1.82) is 0 Å². The number of hydrogen-bond donors (Lipinski definition) is 4. The van der Waals surface area contributed by atoms with Gasteiger partial charge in [0, 0.05) is 31.0 Å². The molecule has 0 aliphatic heterocycles. The quantitative estimate of drug-likeness (QED) is 0.328. The van der Waals surface area contributed by atoms with Crippen LogP contribution >= 0.6 is 11.6 Å². The number of hydrogen-bond acceptors (Lipinski definition) is 8. The van der Waals surface area contributed by atoms with E-state index in [1.165, 1.54) is 18.5 Å². The first-order chi connectivity index (χ1) is 14.4. The number of halogens is 1. The second-order valence-corrected chi connectivity index (χ2v) is 7.80. The van der Waals surface area contributed by atoms with Gasteiger partial charge in [-0.15, -0.1) is 0 Å². The fourth-order valence-corrected chi connectivity index (χ4v) is 3.25. The number of amides is 1. The third-order valence-corrected chi connectivity index (χ3v) is 4.91. The van der Waals surface area contributed by atoms with E-state index in [0.29, 0.717) is 29.0 Å². The molecule has 0 saturated heterocycles. The molecule has 0 bridgehead atoms. The molecule has 9 nitrogen and oxygen atoms in total. The summed E-state index contributed by atoms with van der Waals surface area (Å²) in [4.78, 5) is 26.7. The van der Waals surface area contributed by atoms with Crippen LogP contribution in [0.5, 0.6) is 0 Å². The predicted molar refractivity (Wildman–Crippen MR) is 123 cm³/mol. The maximum absolute atomic E-state index is 11.6. The van der Waals surface area contributed by atoms with Gasteiger partial charge in [0.05, 0.1) is 18.4 Å². The topological polar surface area (TPSA) is 121 Å². The van der Waals surface area contributed by atoms with Crippen LogP contribution < -0.4 is 21.7 Å². The minimum atomic E-state index is -0.152. The Bertz CT molecular complexity index is 780. The van der Waals surface area contributed by atoms with Gasteiger partial charge >= 0.3 is 0 Å². The van der Waals surface area contributed by atoms with Crippen molar-refractivity contribution in [3.8, 4) is 0 Å². The van der Waals surface area contributed by atoms with Gasteiger partial charge in [0.15, 0.2) is 5.82 Å². The van der Waals surface area contributed by atoms with Gasteiger partial charge < -0.3 is 26.6 Å². The number of carbonyl (C=O) groups is 1. The van der Waals surface area contributed by atoms with E-state index in [1.807, 2.05) is 14.1 Å². The highest BCUT2D eigenvalue weighted by Crippen LogP contribution is 2.26. The molecular weight excluding hydrogens is 404 g/mol. The second-order valence-electron chi connectivity index (χ2n) is 7.39. The normalized spacial score (nSPS) is 19.7. The average molecular weight is 435 g/mol. The van der Waals surface area contributed by atoms with Gasteiger partial charge in [0.2, 0.25) is 11.9 Å². The zero-order chi connectivity index (χ0) is 21.9. The Morgan fingerprint density at radius 3 is 2.90 bits per heavy atom. The van der Waals surface area contributed by atoms with Crippen LogP contribution in [0, 0.1) is 0 Å². The third kappa shape index (κ3) is 8.00. The first kappa shape index (κ1) is 23.6. The number of carbonyl (C=O) groups excluding carboxylic acids is 1. The SMILES string of the molecule is C=CC(=O)NC1CCCC(Nc2nc(NC(C=NCCN(C)C)=CN)ncc2Cl)C1. The van der Waals surface area contributed by atoms with Gasteiger partial charge in [-0.05, 0) is 45.9 Å². The largest absolute Gasteiger partial charge is 0.403 e. The lowest BCUT2D eigenvalue weighted by Crippen LogP contribution is -2.41. The zero-order valence-electron chi connectivity index (χ0n) is 17.6. The molecule has 30 heavy (non-hydrogen) atoms. The minimum absolute atomic E-state index is 0.102. The summed E-state index contributed by atoms with van der Waals surface area (Å²) in [6, 6.07) is 0.247. The van der Waals surface area contributed by atoms with E-state index in [1.54, 1.807) is 6.21 Å². The molecule has 10 heteroatoms. The number of nitrogens with zero attached hydrogens (tertiary/aromatic N) is 4. The van der Waals surface area contributed by atoms with Gasteiger partial charge in [-0.25, -0.2) is 4.98 Å². The molecule has 1 fully saturated rings. The van der Waals surface area contributed by atoms with Crippen LogP contribution in [0.2, 0.25) is 5.02 Å². The molecule has 1 aliphatic carbocycles. The zero-order valence-corrected chi connectivity index (χ0v) is 18.3. The summed E-state index contributed by atoms with van der Waals surface area (Å²) in [6.07, 6.45) is 9.60. The van der Waals surface area contributed by atoms with E-state index in [9.17, 15) is 4.79 Å². The maximum Gasteiger partial charge on any atom is 0.243 e. The van der Waals surface area contributed by atoms with Gasteiger partial charge in [-0.1, -0.05) is 18.2 Å². The number of likely N-dealkylation sites (N-methyl/N-ethyl adjacent to an activating group) is 1. The minimum Gasteiger partial charge on any atom is -0.403 e. The van der Waals surface area contributed by atoms with Crippen LogP contribution in [0.15, 0.2) is 35.7 Å². The van der Waals surface area contributed by atoms with Gasteiger partial charge in [-0.3, -0.25) is 9.79 Å². The number of nitrogens with one attached hydrogen (secondary N) is 3. The van der Waals surface area contributed by atoms with Crippen molar-refractivity contribution < 1.29 is 4.79 Å². The Balaban J connectivity index is 1.98. The Morgan fingerprint density at radius 1 is 1.43 bits per heavy atom. The molecule has 2 atom stereocenters. The standard InChI is InChI=1S/C20H31ClN8O/c1-4-18(30)25-14-6-5-7-15(10-14)26-19-17(21)13-24-20(28-19)27-16(11-22)12-23-8-9-29(2)3/h4,11-15H,1,5-10,22H2,2-3H3,(H,25,30)(H2,24,26,27,28). The number of anilines is 2. The first-order valence-electron chi connectivity index (χ1n) is 9.96. The average Bonchev–Trinajstić information content (AvgIpc) is 2.72. The van der Waals surface area contributed by atoms with E-state index in [0.717, 1.165) is 32.2 Å². The first-order valence-corrected chi connectivity index (χ1v) is 10.3. The molecule has 2 rings (SSSR count). The Hall–Kier alpha value is -2.65. The lowest BCUT2D eigenvalue weighted by Gasteiger charge is -2.30. The van der Waals surface area contributed by atoms with Gasteiger partial charge in [0.25, 0.3) is 0 Å². The lowest BCUT2D eigenvalue weighted by molar-refractivity contribution is -0.117. The molecule has 164 valence electrons. The molecule has 2 unspecified atom stereocenters. The van der Waals surface area contributed by atoms with Crippen LogP contribution in [0.25, 0.3) is 0 Å². The highest BCUT2D eigenvalue weighted by atomic mass is 35.5.